The van der Waals surface area contributed by atoms with E-state index in [4.69, 9.17) is 9.47 Å². The summed E-state index contributed by atoms with van der Waals surface area (Å²) in [4.78, 5) is 42.5. The molecule has 3 heterocycles. The van der Waals surface area contributed by atoms with Crippen LogP contribution in [-0.2, 0) is 30.9 Å². The molecular weight excluding hydrogens is 554 g/mol. The normalized spacial score (nSPS) is 18.3. The number of carbonyl (C=O) groups is 3. The van der Waals surface area contributed by atoms with Gasteiger partial charge in [0.1, 0.15) is 23.2 Å². The van der Waals surface area contributed by atoms with E-state index in [1.807, 2.05) is 0 Å². The van der Waals surface area contributed by atoms with Crippen molar-refractivity contribution in [3.05, 3.63) is 82.0 Å². The summed E-state index contributed by atoms with van der Waals surface area (Å²) in [6.07, 6.45) is 1.63. The summed E-state index contributed by atoms with van der Waals surface area (Å²) < 4.78 is 38.0. The summed E-state index contributed by atoms with van der Waals surface area (Å²) in [5.41, 5.74) is 0.679. The molecule has 12 heteroatoms. The molecule has 2 aromatic carbocycles. The Hall–Kier alpha value is -3.74. The maximum atomic E-state index is 14.0. The molecule has 3 aromatic rings. The van der Waals surface area contributed by atoms with Crippen molar-refractivity contribution in [2.45, 2.75) is 36.4 Å². The van der Waals surface area contributed by atoms with Crippen molar-refractivity contribution < 1.29 is 32.3 Å². The fourth-order valence-corrected chi connectivity index (χ4v) is 7.23. The zero-order valence-electron chi connectivity index (χ0n) is 21.8. The lowest BCUT2D eigenvalue weighted by Gasteiger charge is -2.32. The fourth-order valence-electron chi connectivity index (χ4n) is 4.88. The smallest absolute Gasteiger partial charge is 0.269 e. The van der Waals surface area contributed by atoms with Crippen molar-refractivity contribution in [3.8, 4) is 5.75 Å². The quantitative estimate of drug-likeness (QED) is 0.389. The number of rotatable bonds is 10. The first-order valence-electron chi connectivity index (χ1n) is 12.8. The Morgan fingerprint density at radius 2 is 2.00 bits per heavy atom. The standard InChI is InChI=1S/C28H29N3O7S2/c1-37-20-8-4-7-19(15-20)17-30(25(32)18-31-28(34)22-10-2-3-12-24(22)40(31,35)36)26(23-11-6-14-39-23)27(33)29-16-21-9-5-13-38-21/h2-4,6-8,10-12,14-15,21,26H,5,9,13,16-18H2,1H3,(H,29,33). The minimum Gasteiger partial charge on any atom is -0.497 e. The number of amides is 3. The number of fused-ring (bicyclic) bond motifs is 1. The molecule has 1 N–H and O–H groups in total. The van der Waals surface area contributed by atoms with Crippen LogP contribution in [0, 0.1) is 0 Å². The van der Waals surface area contributed by atoms with Crippen LogP contribution in [0.2, 0.25) is 0 Å². The van der Waals surface area contributed by atoms with Crippen molar-refractivity contribution in [1.82, 2.24) is 14.5 Å². The van der Waals surface area contributed by atoms with Gasteiger partial charge in [-0.2, -0.15) is 0 Å². The number of nitrogens with zero attached hydrogens (tertiary/aromatic N) is 2. The third-order valence-electron chi connectivity index (χ3n) is 6.90. The van der Waals surface area contributed by atoms with Gasteiger partial charge in [0.2, 0.25) is 11.8 Å². The van der Waals surface area contributed by atoms with Crippen LogP contribution in [0.1, 0.15) is 39.7 Å². The van der Waals surface area contributed by atoms with Gasteiger partial charge in [0.05, 0.1) is 18.8 Å². The first kappa shape index (κ1) is 27.8. The molecule has 1 aromatic heterocycles. The number of sulfonamides is 1. The van der Waals surface area contributed by atoms with Crippen LogP contribution < -0.4 is 10.1 Å². The number of methoxy groups -OCH3 is 1. The topological polar surface area (TPSA) is 122 Å². The second-order valence-electron chi connectivity index (χ2n) is 9.48. The highest BCUT2D eigenvalue weighted by Gasteiger charge is 2.43. The van der Waals surface area contributed by atoms with Crippen molar-refractivity contribution in [2.75, 3.05) is 26.8 Å². The molecule has 40 heavy (non-hydrogen) atoms. The minimum atomic E-state index is -4.23. The van der Waals surface area contributed by atoms with Crippen molar-refractivity contribution in [1.29, 1.82) is 0 Å². The van der Waals surface area contributed by atoms with Gasteiger partial charge >= 0.3 is 0 Å². The van der Waals surface area contributed by atoms with Crippen LogP contribution in [-0.4, -0.2) is 68.3 Å². The van der Waals surface area contributed by atoms with Gasteiger partial charge in [-0.3, -0.25) is 14.4 Å². The maximum Gasteiger partial charge on any atom is 0.269 e. The highest BCUT2D eigenvalue weighted by molar-refractivity contribution is 7.90. The Bertz CT molecular complexity index is 1500. The molecule has 2 aliphatic heterocycles. The van der Waals surface area contributed by atoms with Gasteiger partial charge in [0.15, 0.2) is 0 Å². The van der Waals surface area contributed by atoms with Gasteiger partial charge in [-0.1, -0.05) is 30.3 Å². The summed E-state index contributed by atoms with van der Waals surface area (Å²) in [7, 11) is -2.70. The Labute approximate surface area is 236 Å². The number of hydrogen-bond acceptors (Lipinski definition) is 8. The monoisotopic (exact) mass is 583 g/mol. The summed E-state index contributed by atoms with van der Waals surface area (Å²) in [6.45, 7) is 0.147. The van der Waals surface area contributed by atoms with E-state index in [0.29, 0.717) is 27.1 Å². The fraction of sp³-hybridized carbons (Fsp3) is 0.321. The van der Waals surface area contributed by atoms with Gasteiger partial charge in [0.25, 0.3) is 15.9 Å². The maximum absolute atomic E-state index is 14.0. The molecule has 0 spiro atoms. The summed E-state index contributed by atoms with van der Waals surface area (Å²) >= 11 is 1.30. The number of thiophene rings is 1. The molecule has 210 valence electrons. The van der Waals surface area contributed by atoms with E-state index >= 15 is 0 Å². The number of carbonyl (C=O) groups excluding carboxylic acids is 3. The highest BCUT2D eigenvalue weighted by atomic mass is 32.2. The second-order valence-corrected chi connectivity index (χ2v) is 12.3. The Morgan fingerprint density at radius 3 is 2.70 bits per heavy atom. The molecule has 2 aliphatic rings. The molecule has 5 rings (SSSR count). The third-order valence-corrected chi connectivity index (χ3v) is 9.61. The van der Waals surface area contributed by atoms with Crippen LogP contribution in [0.5, 0.6) is 5.75 Å². The predicted molar refractivity (Wildman–Crippen MR) is 147 cm³/mol. The van der Waals surface area contributed by atoms with Gasteiger partial charge < -0.3 is 19.7 Å². The van der Waals surface area contributed by atoms with E-state index in [1.165, 1.54) is 41.5 Å². The summed E-state index contributed by atoms with van der Waals surface area (Å²) in [5.74, 6) is -1.33. The lowest BCUT2D eigenvalue weighted by Crippen LogP contribution is -2.48. The van der Waals surface area contributed by atoms with Crippen molar-refractivity contribution in [3.63, 3.8) is 0 Å². The zero-order valence-corrected chi connectivity index (χ0v) is 23.4. The molecule has 1 saturated heterocycles. The Balaban J connectivity index is 1.48. The molecule has 10 nitrogen and oxygen atoms in total. The summed E-state index contributed by atoms with van der Waals surface area (Å²) in [6, 6.07) is 15.4. The van der Waals surface area contributed by atoms with Gasteiger partial charge in [-0.05, 0) is 54.1 Å². The van der Waals surface area contributed by atoms with E-state index < -0.39 is 40.3 Å². The Morgan fingerprint density at radius 1 is 1.18 bits per heavy atom. The molecule has 0 bridgehead atoms. The lowest BCUT2D eigenvalue weighted by molar-refractivity contribution is -0.141. The lowest BCUT2D eigenvalue weighted by atomic mass is 10.1. The van der Waals surface area contributed by atoms with Gasteiger partial charge in [-0.25, -0.2) is 12.7 Å². The first-order valence-corrected chi connectivity index (χ1v) is 15.1. The van der Waals surface area contributed by atoms with Gasteiger partial charge in [-0.15, -0.1) is 11.3 Å². The Kier molecular flexibility index (Phi) is 8.19. The molecule has 0 saturated carbocycles. The van der Waals surface area contributed by atoms with Crippen molar-refractivity contribution >= 4 is 39.1 Å². The molecule has 2 unspecified atom stereocenters. The second kappa shape index (κ2) is 11.8. The van der Waals surface area contributed by atoms with E-state index in [2.05, 4.69) is 5.32 Å². The molecule has 0 radical (unpaired) electrons. The van der Waals surface area contributed by atoms with Gasteiger partial charge in [0, 0.05) is 24.6 Å². The van der Waals surface area contributed by atoms with E-state index in [9.17, 15) is 22.8 Å². The number of benzene rings is 2. The molecule has 1 fully saturated rings. The van der Waals surface area contributed by atoms with E-state index in [0.717, 1.165) is 12.8 Å². The van der Waals surface area contributed by atoms with Crippen LogP contribution >= 0.6 is 11.3 Å². The van der Waals surface area contributed by atoms with Crippen molar-refractivity contribution in [2.24, 2.45) is 0 Å². The molecule has 0 aliphatic carbocycles. The molecule has 2 atom stereocenters. The third kappa shape index (κ3) is 5.60. The number of nitrogens with one attached hydrogen (secondary N) is 1. The average molecular weight is 584 g/mol. The molecule has 3 amide bonds. The van der Waals surface area contributed by atoms with Crippen LogP contribution in [0.4, 0.5) is 0 Å². The van der Waals surface area contributed by atoms with Crippen LogP contribution in [0.25, 0.3) is 0 Å². The largest absolute Gasteiger partial charge is 0.497 e. The highest BCUT2D eigenvalue weighted by Crippen LogP contribution is 2.32. The first-order chi connectivity index (χ1) is 19.3. The van der Waals surface area contributed by atoms with E-state index in [-0.39, 0.29) is 29.7 Å². The minimum absolute atomic E-state index is 0.0127. The predicted octanol–water partition coefficient (Wildman–Crippen LogP) is 2.97. The van der Waals surface area contributed by atoms with Crippen LogP contribution in [0.3, 0.4) is 0 Å². The average Bonchev–Trinajstić information content (AvgIpc) is 3.72. The molecular formula is C28H29N3O7S2. The zero-order chi connectivity index (χ0) is 28.3. The van der Waals surface area contributed by atoms with Crippen LogP contribution in [0.15, 0.2) is 70.9 Å². The SMILES string of the molecule is COc1cccc(CN(C(=O)CN2C(=O)c3ccccc3S2(=O)=O)C(C(=O)NCC2CCCO2)c2cccs2)c1. The number of hydrogen-bond donors (Lipinski definition) is 1. The number of ether oxygens (including phenoxy) is 2. The summed E-state index contributed by atoms with van der Waals surface area (Å²) in [5, 5.41) is 4.72. The van der Waals surface area contributed by atoms with E-state index in [1.54, 1.807) is 47.8 Å².